The Morgan fingerprint density at radius 2 is 0.981 bits per heavy atom. The van der Waals surface area contributed by atoms with E-state index in [9.17, 15) is 30.0 Å². The summed E-state index contributed by atoms with van der Waals surface area (Å²) < 4.78 is 14.7. The number of aryl methyl sites for hydroxylation is 2. The third-order valence-electron chi connectivity index (χ3n) is 8.70. The summed E-state index contributed by atoms with van der Waals surface area (Å²) in [4.78, 5) is 42.1. The monoisotopic (exact) mass is 769 g/mol. The molecule has 0 aliphatic rings. The van der Waals surface area contributed by atoms with Crippen LogP contribution in [0, 0.1) is 27.7 Å². The molecule has 0 unspecified atom stereocenters. The molecule has 4 heterocycles. The van der Waals surface area contributed by atoms with Crippen molar-refractivity contribution in [3.8, 4) is 22.9 Å². The van der Waals surface area contributed by atoms with Gasteiger partial charge in [0, 0.05) is 61.4 Å². The van der Waals surface area contributed by atoms with E-state index in [0.717, 1.165) is 28.7 Å². The first kappa shape index (κ1) is 40.8. The van der Waals surface area contributed by atoms with Gasteiger partial charge in [-0.3, -0.25) is 28.9 Å². The van der Waals surface area contributed by atoms with Crippen molar-refractivity contribution in [1.82, 2.24) is 28.7 Å². The normalized spacial score (nSPS) is 11.1. The van der Waals surface area contributed by atoms with E-state index in [4.69, 9.17) is 3.67 Å². The summed E-state index contributed by atoms with van der Waals surface area (Å²) in [6.07, 6.45) is 5.56. The van der Waals surface area contributed by atoms with Crippen molar-refractivity contribution >= 4 is 23.8 Å². The molecule has 54 heavy (non-hydrogen) atoms. The zero-order valence-electron chi connectivity index (χ0n) is 30.5. The molecule has 6 aromatic rings. The van der Waals surface area contributed by atoms with E-state index in [0.29, 0.717) is 33.9 Å². The third kappa shape index (κ3) is 8.29. The Hall–Kier alpha value is -6.00. The molecule has 0 atom stereocenters. The molecule has 0 amide bonds. The van der Waals surface area contributed by atoms with Crippen molar-refractivity contribution in [3.63, 3.8) is 0 Å². The van der Waals surface area contributed by atoms with Gasteiger partial charge in [0.25, 0.3) is 11.1 Å². The third-order valence-corrected chi connectivity index (χ3v) is 8.70. The molecule has 0 spiro atoms. The van der Waals surface area contributed by atoms with Crippen molar-refractivity contribution in [1.29, 1.82) is 0 Å². The number of aliphatic hydroxyl groups excluding tert-OH is 2. The molecular weight excluding hydrogens is 731 g/mol. The van der Waals surface area contributed by atoms with Crippen molar-refractivity contribution < 1.29 is 41.5 Å². The molecular formula is C38H38N8O7V. The van der Waals surface area contributed by atoms with Crippen LogP contribution >= 0.6 is 0 Å². The topological polar surface area (TPSA) is 208 Å². The van der Waals surface area contributed by atoms with E-state index in [2.05, 4.69) is 20.0 Å². The predicted molar refractivity (Wildman–Crippen MR) is 195 cm³/mol. The summed E-state index contributed by atoms with van der Waals surface area (Å²) in [6, 6.07) is 18.5. The molecule has 0 aliphatic heterocycles. The number of hydrogen-bond acceptors (Lipinski definition) is 11. The predicted octanol–water partition coefficient (Wildman–Crippen LogP) is 2.89. The molecule has 0 saturated heterocycles. The molecule has 0 radical (unpaired) electrons. The summed E-state index contributed by atoms with van der Waals surface area (Å²) in [5.41, 5.74) is 4.58. The van der Waals surface area contributed by atoms with Gasteiger partial charge < -0.3 is 20.4 Å². The average Bonchev–Trinajstić information content (AvgIpc) is 3.54. The van der Waals surface area contributed by atoms with Gasteiger partial charge in [-0.25, -0.2) is 19.3 Å². The summed E-state index contributed by atoms with van der Waals surface area (Å²) >= 11 is 1.06. The molecule has 2 N–H and O–H groups in total. The van der Waals surface area contributed by atoms with Gasteiger partial charge in [0.05, 0.1) is 36.0 Å². The van der Waals surface area contributed by atoms with Crippen LogP contribution in [0.25, 0.3) is 11.4 Å². The van der Waals surface area contributed by atoms with Crippen LogP contribution in [-0.2, 0) is 48.4 Å². The second kappa shape index (κ2) is 18.2. The second-order valence-electron chi connectivity index (χ2n) is 11.9. The Kier molecular flexibility index (Phi) is 13.7. The minimum atomic E-state index is -0.327. The average molecular weight is 770 g/mol. The van der Waals surface area contributed by atoms with Crippen LogP contribution in [0.15, 0.2) is 92.6 Å². The number of benzene rings is 2. The summed E-state index contributed by atoms with van der Waals surface area (Å²) in [6.45, 7) is 6.11. The van der Waals surface area contributed by atoms with Gasteiger partial charge in [0.15, 0.2) is 11.4 Å². The Balaban J connectivity index is 0.000000230. The van der Waals surface area contributed by atoms with Crippen LogP contribution in [0.1, 0.15) is 45.0 Å². The van der Waals surface area contributed by atoms with Gasteiger partial charge in [0.1, 0.15) is 0 Å². The maximum atomic E-state index is 12.8. The van der Waals surface area contributed by atoms with Gasteiger partial charge in [0.2, 0.25) is 0 Å². The van der Waals surface area contributed by atoms with E-state index in [1.54, 1.807) is 51.2 Å². The molecule has 0 bridgehead atoms. The van der Waals surface area contributed by atoms with Gasteiger partial charge in [-0.15, -0.1) is 0 Å². The zero-order valence-corrected chi connectivity index (χ0v) is 31.9. The molecule has 16 heteroatoms. The molecule has 0 saturated carbocycles. The van der Waals surface area contributed by atoms with Crippen LogP contribution < -0.4 is 21.3 Å². The second-order valence-corrected chi connectivity index (χ2v) is 11.9. The molecule has 0 aliphatic carbocycles. The van der Waals surface area contributed by atoms with Crippen LogP contribution in [0.5, 0.6) is 11.5 Å². The quantitative estimate of drug-likeness (QED) is 0.218. The molecule has 0 fully saturated rings. The maximum absolute atomic E-state index is 12.8. The Bertz CT molecular complexity index is 2260. The number of para-hydroxylation sites is 2. The van der Waals surface area contributed by atoms with Crippen molar-refractivity contribution in [3.05, 3.63) is 139 Å². The van der Waals surface area contributed by atoms with Crippen LogP contribution in [0.4, 0.5) is 11.4 Å². The van der Waals surface area contributed by atoms with Crippen LogP contribution in [0.2, 0.25) is 0 Å². The fourth-order valence-corrected chi connectivity index (χ4v) is 5.49. The number of nitrogens with zero attached hydrogens (tertiary/aromatic N) is 8. The first-order valence-corrected chi connectivity index (χ1v) is 16.9. The van der Waals surface area contributed by atoms with E-state index in [1.807, 2.05) is 60.7 Å². The van der Waals surface area contributed by atoms with Gasteiger partial charge in [-0.1, -0.05) is 47.9 Å². The van der Waals surface area contributed by atoms with Gasteiger partial charge >= 0.3 is 21.0 Å². The van der Waals surface area contributed by atoms with E-state index < -0.39 is 0 Å². The first-order chi connectivity index (χ1) is 25.9. The zero-order chi connectivity index (χ0) is 39.7. The summed E-state index contributed by atoms with van der Waals surface area (Å²) in [5, 5.41) is 43.4. The van der Waals surface area contributed by atoms with Crippen molar-refractivity contribution in [2.75, 3.05) is 0 Å². The number of aromatic nitrogens is 6. The van der Waals surface area contributed by atoms with E-state index >= 15 is 0 Å². The fourth-order valence-electron chi connectivity index (χ4n) is 5.49. The molecule has 277 valence electrons. The number of rotatable bonds is 8. The van der Waals surface area contributed by atoms with E-state index in [1.165, 1.54) is 34.2 Å². The Morgan fingerprint density at radius 1 is 0.648 bits per heavy atom. The van der Waals surface area contributed by atoms with Crippen LogP contribution in [0.3, 0.4) is 0 Å². The van der Waals surface area contributed by atoms with Crippen LogP contribution in [-0.4, -0.2) is 51.3 Å². The van der Waals surface area contributed by atoms with Gasteiger partial charge in [-0.05, 0) is 63.1 Å². The van der Waals surface area contributed by atoms with E-state index in [-0.39, 0.29) is 58.3 Å². The molecule has 15 nitrogen and oxygen atoms in total. The minimum absolute atomic E-state index is 0.244. The van der Waals surface area contributed by atoms with Crippen molar-refractivity contribution in [2.24, 2.45) is 24.1 Å². The van der Waals surface area contributed by atoms with Crippen molar-refractivity contribution in [2.45, 2.75) is 40.9 Å². The number of pyridine rings is 2. The Morgan fingerprint density at radius 3 is 1.30 bits per heavy atom. The number of aliphatic hydroxyl groups is 2. The Labute approximate surface area is 319 Å². The first-order valence-electron chi connectivity index (χ1n) is 16.4. The van der Waals surface area contributed by atoms with Gasteiger partial charge in [-0.2, -0.15) is 0 Å². The molecule has 4 aromatic heterocycles. The number of hydrogen-bond donors (Lipinski definition) is 2. The molecule has 2 aromatic carbocycles. The SMILES string of the molecule is Cc1ncc(CO)c(C=Nc2c(C)n(C)n(-c3ccccc3)c2=O)c1[O-].Cc1ncc(CO)c(C=Nc2c(C)n(C)n(-c3ccccc3)c2=O)c1[O-].[O]=[V+2]. The summed E-state index contributed by atoms with van der Waals surface area (Å²) in [7, 11) is 3.55. The molecule has 6 rings (SSSR count). The fraction of sp³-hybridized carbons (Fsp3) is 0.211. The number of aliphatic imine (C=N–C) groups is 2. The summed E-state index contributed by atoms with van der Waals surface area (Å²) in [5.74, 6) is -0.616. The standard InChI is InChI=1S/2C19H20N4O3.O.V/c2*1-12-18(25)16(14(11-24)9-20-12)10-21-17-13(2)22(3)23(19(17)26)15-7-5-4-6-8-15;;/h2*4-10,24-25H,11H2,1-3H3;;/q;;;+2/p-2.